The lowest BCUT2D eigenvalue weighted by Crippen LogP contribution is -2.45. The van der Waals surface area contributed by atoms with Gasteiger partial charge in [0.1, 0.15) is 0 Å². The number of amides is 1. The first kappa shape index (κ1) is 15.8. The molecule has 0 aromatic rings. The molecule has 2 aliphatic rings. The summed E-state index contributed by atoms with van der Waals surface area (Å²) < 4.78 is 0. The van der Waals surface area contributed by atoms with Crippen LogP contribution in [0.5, 0.6) is 0 Å². The van der Waals surface area contributed by atoms with E-state index >= 15 is 0 Å². The number of hydrogen-bond donors (Lipinski definition) is 1. The van der Waals surface area contributed by atoms with Crippen LogP contribution in [0.15, 0.2) is 0 Å². The molecular formula is C14H27ClN2O. The number of hydrogen-bond acceptors (Lipinski definition) is 2. The molecule has 2 saturated heterocycles. The molecule has 4 heteroatoms. The topological polar surface area (TPSA) is 32.3 Å². The number of piperidine rings is 1. The van der Waals surface area contributed by atoms with E-state index in [-0.39, 0.29) is 12.4 Å². The SMILES string of the molecule is CCCC1CCCCN1C(=O)CC1CCCN1.Cl. The average Bonchev–Trinajstić information content (AvgIpc) is 2.83. The van der Waals surface area contributed by atoms with Gasteiger partial charge in [-0.3, -0.25) is 4.79 Å². The molecule has 2 rings (SSSR count). The molecule has 3 nitrogen and oxygen atoms in total. The van der Waals surface area contributed by atoms with Crippen LogP contribution >= 0.6 is 12.4 Å². The van der Waals surface area contributed by atoms with Gasteiger partial charge in [-0.2, -0.15) is 0 Å². The lowest BCUT2D eigenvalue weighted by molar-refractivity contribution is -0.135. The van der Waals surface area contributed by atoms with E-state index in [2.05, 4.69) is 17.1 Å². The Morgan fingerprint density at radius 2 is 2.11 bits per heavy atom. The summed E-state index contributed by atoms with van der Waals surface area (Å²) in [6.07, 6.45) is 9.23. The van der Waals surface area contributed by atoms with Crippen LogP contribution in [-0.4, -0.2) is 36.0 Å². The largest absolute Gasteiger partial charge is 0.340 e. The number of nitrogens with one attached hydrogen (secondary N) is 1. The maximum Gasteiger partial charge on any atom is 0.224 e. The van der Waals surface area contributed by atoms with E-state index in [0.717, 1.165) is 19.5 Å². The Morgan fingerprint density at radius 1 is 1.28 bits per heavy atom. The molecule has 2 heterocycles. The molecule has 18 heavy (non-hydrogen) atoms. The van der Waals surface area contributed by atoms with Crippen molar-refractivity contribution in [1.82, 2.24) is 10.2 Å². The van der Waals surface area contributed by atoms with E-state index in [1.807, 2.05) is 0 Å². The normalized spacial score (nSPS) is 27.9. The minimum atomic E-state index is 0. The number of rotatable bonds is 4. The average molecular weight is 275 g/mol. The van der Waals surface area contributed by atoms with Gasteiger partial charge in [-0.25, -0.2) is 0 Å². The smallest absolute Gasteiger partial charge is 0.224 e. The fourth-order valence-corrected chi connectivity index (χ4v) is 3.22. The van der Waals surface area contributed by atoms with Gasteiger partial charge in [0, 0.05) is 25.0 Å². The van der Waals surface area contributed by atoms with Gasteiger partial charge in [-0.1, -0.05) is 13.3 Å². The van der Waals surface area contributed by atoms with Crippen molar-refractivity contribution in [2.24, 2.45) is 0 Å². The van der Waals surface area contributed by atoms with Gasteiger partial charge in [0.05, 0.1) is 0 Å². The molecule has 2 unspecified atom stereocenters. The molecule has 2 atom stereocenters. The van der Waals surface area contributed by atoms with Gasteiger partial charge < -0.3 is 10.2 Å². The number of carbonyl (C=O) groups excluding carboxylic acids is 1. The summed E-state index contributed by atoms with van der Waals surface area (Å²) >= 11 is 0. The van der Waals surface area contributed by atoms with Gasteiger partial charge in [0.25, 0.3) is 0 Å². The van der Waals surface area contributed by atoms with Crippen LogP contribution in [0.3, 0.4) is 0 Å². The molecule has 0 aromatic heterocycles. The van der Waals surface area contributed by atoms with Crippen molar-refractivity contribution in [3.05, 3.63) is 0 Å². The predicted molar refractivity (Wildman–Crippen MR) is 77.1 cm³/mol. The third-order valence-electron chi connectivity index (χ3n) is 4.15. The first-order valence-electron chi connectivity index (χ1n) is 7.34. The maximum atomic E-state index is 12.3. The fourth-order valence-electron chi connectivity index (χ4n) is 3.22. The second kappa shape index (κ2) is 8.00. The molecule has 106 valence electrons. The van der Waals surface area contributed by atoms with E-state index in [9.17, 15) is 4.79 Å². The van der Waals surface area contributed by atoms with Crippen molar-refractivity contribution in [3.63, 3.8) is 0 Å². The zero-order valence-corrected chi connectivity index (χ0v) is 12.3. The van der Waals surface area contributed by atoms with Crippen LogP contribution < -0.4 is 5.32 Å². The summed E-state index contributed by atoms with van der Waals surface area (Å²) in [5.74, 6) is 0.391. The van der Waals surface area contributed by atoms with Crippen LogP contribution in [0.4, 0.5) is 0 Å². The van der Waals surface area contributed by atoms with Crippen molar-refractivity contribution in [3.8, 4) is 0 Å². The zero-order valence-electron chi connectivity index (χ0n) is 11.5. The second-order valence-electron chi connectivity index (χ2n) is 5.52. The summed E-state index contributed by atoms with van der Waals surface area (Å²) in [5.41, 5.74) is 0. The first-order chi connectivity index (χ1) is 8.31. The van der Waals surface area contributed by atoms with Crippen molar-refractivity contribution in [1.29, 1.82) is 0 Å². The Bertz CT molecular complexity index is 252. The summed E-state index contributed by atoms with van der Waals surface area (Å²) in [6.45, 7) is 4.31. The fraction of sp³-hybridized carbons (Fsp3) is 0.929. The molecule has 0 spiro atoms. The van der Waals surface area contributed by atoms with Gasteiger partial charge in [0.2, 0.25) is 5.91 Å². The monoisotopic (exact) mass is 274 g/mol. The van der Waals surface area contributed by atoms with Gasteiger partial charge in [-0.15, -0.1) is 12.4 Å². The van der Waals surface area contributed by atoms with Crippen LogP contribution in [-0.2, 0) is 4.79 Å². The highest BCUT2D eigenvalue weighted by atomic mass is 35.5. The Labute approximate surface area is 117 Å². The Morgan fingerprint density at radius 3 is 2.78 bits per heavy atom. The van der Waals surface area contributed by atoms with Crippen LogP contribution in [0.1, 0.15) is 58.3 Å². The highest BCUT2D eigenvalue weighted by Crippen LogP contribution is 2.22. The van der Waals surface area contributed by atoms with Gasteiger partial charge in [0.15, 0.2) is 0 Å². The predicted octanol–water partition coefficient (Wildman–Crippen LogP) is 2.73. The van der Waals surface area contributed by atoms with Crippen LogP contribution in [0.25, 0.3) is 0 Å². The van der Waals surface area contributed by atoms with E-state index in [1.54, 1.807) is 0 Å². The molecule has 1 N–H and O–H groups in total. The third kappa shape index (κ3) is 4.13. The zero-order chi connectivity index (χ0) is 12.1. The molecule has 2 fully saturated rings. The van der Waals surface area contributed by atoms with Crippen LogP contribution in [0.2, 0.25) is 0 Å². The number of likely N-dealkylation sites (tertiary alicyclic amines) is 1. The first-order valence-corrected chi connectivity index (χ1v) is 7.34. The van der Waals surface area contributed by atoms with Gasteiger partial charge >= 0.3 is 0 Å². The molecule has 0 radical (unpaired) electrons. The van der Waals surface area contributed by atoms with Crippen molar-refractivity contribution >= 4 is 18.3 Å². The van der Waals surface area contributed by atoms with Crippen molar-refractivity contribution in [2.45, 2.75) is 70.4 Å². The van der Waals surface area contributed by atoms with E-state index in [1.165, 1.54) is 44.9 Å². The quantitative estimate of drug-likeness (QED) is 0.855. The molecule has 0 aliphatic carbocycles. The molecular weight excluding hydrogens is 248 g/mol. The maximum absolute atomic E-state index is 12.3. The minimum Gasteiger partial charge on any atom is -0.340 e. The summed E-state index contributed by atoms with van der Waals surface area (Å²) in [4.78, 5) is 14.5. The Balaban J connectivity index is 0.00000162. The Hall–Kier alpha value is -0.280. The summed E-state index contributed by atoms with van der Waals surface area (Å²) in [6, 6.07) is 0.981. The lowest BCUT2D eigenvalue weighted by atomic mass is 9.97. The van der Waals surface area contributed by atoms with E-state index in [4.69, 9.17) is 0 Å². The standard InChI is InChI=1S/C14H26N2O.ClH/c1-2-6-13-8-3-4-10-16(13)14(17)11-12-7-5-9-15-12;/h12-13,15H,2-11H2,1H3;1H. The highest BCUT2D eigenvalue weighted by molar-refractivity contribution is 5.85. The van der Waals surface area contributed by atoms with Crippen molar-refractivity contribution in [2.75, 3.05) is 13.1 Å². The molecule has 2 aliphatic heterocycles. The molecule has 0 bridgehead atoms. The van der Waals surface area contributed by atoms with Crippen LogP contribution in [0, 0.1) is 0 Å². The summed E-state index contributed by atoms with van der Waals surface area (Å²) in [5, 5.41) is 3.43. The number of carbonyl (C=O) groups is 1. The highest BCUT2D eigenvalue weighted by Gasteiger charge is 2.28. The van der Waals surface area contributed by atoms with Crippen molar-refractivity contribution < 1.29 is 4.79 Å². The lowest BCUT2D eigenvalue weighted by Gasteiger charge is -2.36. The Kier molecular flexibility index (Phi) is 7.02. The van der Waals surface area contributed by atoms with E-state index in [0.29, 0.717) is 18.0 Å². The number of nitrogens with zero attached hydrogens (tertiary/aromatic N) is 1. The number of halogens is 1. The van der Waals surface area contributed by atoms with E-state index < -0.39 is 0 Å². The van der Waals surface area contributed by atoms with Gasteiger partial charge in [-0.05, 0) is 45.1 Å². The molecule has 0 saturated carbocycles. The third-order valence-corrected chi connectivity index (χ3v) is 4.15. The minimum absolute atomic E-state index is 0. The second-order valence-corrected chi connectivity index (χ2v) is 5.52. The molecule has 1 amide bonds. The summed E-state index contributed by atoms with van der Waals surface area (Å²) in [7, 11) is 0. The molecule has 0 aromatic carbocycles.